The van der Waals surface area contributed by atoms with E-state index >= 15 is 0 Å². The van der Waals surface area contributed by atoms with Gasteiger partial charge in [-0.15, -0.1) is 0 Å². The van der Waals surface area contributed by atoms with Crippen LogP contribution in [0.5, 0.6) is 0 Å². The average Bonchev–Trinajstić information content (AvgIpc) is 3.42. The van der Waals surface area contributed by atoms with Crippen molar-refractivity contribution in [2.24, 2.45) is 5.41 Å². The molecule has 3 aromatic rings. The molecule has 0 saturated heterocycles. The van der Waals surface area contributed by atoms with Crippen molar-refractivity contribution >= 4 is 34.9 Å². The molecule has 1 aromatic carbocycles. The van der Waals surface area contributed by atoms with Crippen molar-refractivity contribution in [1.82, 2.24) is 9.97 Å². The molecule has 0 aliphatic heterocycles. The highest BCUT2D eigenvalue weighted by Crippen LogP contribution is 2.50. The van der Waals surface area contributed by atoms with Gasteiger partial charge in [0.15, 0.2) is 0 Å². The Morgan fingerprint density at radius 1 is 1.19 bits per heavy atom. The Bertz CT molecular complexity index is 937. The van der Waals surface area contributed by atoms with Gasteiger partial charge in [-0.25, -0.2) is 4.98 Å². The van der Waals surface area contributed by atoms with Crippen molar-refractivity contribution in [2.45, 2.75) is 19.8 Å². The summed E-state index contributed by atoms with van der Waals surface area (Å²) in [5.41, 5.74) is 2.53. The zero-order valence-electron chi connectivity index (χ0n) is 15.1. The highest BCUT2D eigenvalue weighted by atomic mass is 32.1. The lowest BCUT2D eigenvalue weighted by Crippen LogP contribution is -2.38. The van der Waals surface area contributed by atoms with Gasteiger partial charge >= 0.3 is 0 Å². The molecule has 0 bridgehead atoms. The van der Waals surface area contributed by atoms with E-state index in [9.17, 15) is 4.79 Å². The SMILES string of the molecule is CCN(C(=O)C1(CS)CC1)c1sc(-c2cccnc2)nc1-c1ccccc1. The Morgan fingerprint density at radius 3 is 2.52 bits per heavy atom. The quantitative estimate of drug-likeness (QED) is 0.602. The molecule has 1 aliphatic carbocycles. The molecule has 138 valence electrons. The van der Waals surface area contributed by atoms with Gasteiger partial charge in [0, 0.05) is 35.8 Å². The molecule has 4 nitrogen and oxygen atoms in total. The molecule has 27 heavy (non-hydrogen) atoms. The van der Waals surface area contributed by atoms with Gasteiger partial charge in [-0.2, -0.15) is 12.6 Å². The molecule has 2 aromatic heterocycles. The molecule has 0 N–H and O–H groups in total. The van der Waals surface area contributed by atoms with Gasteiger partial charge in [-0.05, 0) is 31.9 Å². The Morgan fingerprint density at radius 2 is 1.93 bits per heavy atom. The number of aromatic nitrogens is 2. The number of carbonyl (C=O) groups is 1. The molecular formula is C21H21N3OS2. The zero-order valence-corrected chi connectivity index (χ0v) is 16.8. The fourth-order valence-corrected chi connectivity index (χ4v) is 4.74. The maximum absolute atomic E-state index is 13.3. The third-order valence-electron chi connectivity index (χ3n) is 4.98. The van der Waals surface area contributed by atoms with Gasteiger partial charge in [0.2, 0.25) is 5.91 Å². The van der Waals surface area contributed by atoms with Crippen LogP contribution in [-0.4, -0.2) is 28.2 Å². The molecule has 1 fully saturated rings. The number of thiazole rings is 1. The largest absolute Gasteiger partial charge is 0.302 e. The van der Waals surface area contributed by atoms with Crippen LogP contribution in [0.2, 0.25) is 0 Å². The summed E-state index contributed by atoms with van der Waals surface area (Å²) in [6, 6.07) is 14.0. The van der Waals surface area contributed by atoms with Crippen LogP contribution < -0.4 is 4.90 Å². The van der Waals surface area contributed by atoms with E-state index in [1.54, 1.807) is 17.5 Å². The Kier molecular flexibility index (Phi) is 5.02. The maximum Gasteiger partial charge on any atom is 0.234 e. The summed E-state index contributed by atoms with van der Waals surface area (Å²) >= 11 is 5.99. The van der Waals surface area contributed by atoms with Crippen molar-refractivity contribution in [1.29, 1.82) is 0 Å². The molecule has 1 saturated carbocycles. The highest BCUT2D eigenvalue weighted by Gasteiger charge is 2.51. The van der Waals surface area contributed by atoms with Crippen LogP contribution in [0, 0.1) is 5.41 Å². The molecule has 4 rings (SSSR count). The summed E-state index contributed by atoms with van der Waals surface area (Å²) in [5.74, 6) is 0.760. The van der Waals surface area contributed by atoms with Gasteiger partial charge < -0.3 is 4.90 Å². The van der Waals surface area contributed by atoms with E-state index in [1.165, 1.54) is 0 Å². The molecule has 0 atom stereocenters. The highest BCUT2D eigenvalue weighted by molar-refractivity contribution is 7.80. The first-order chi connectivity index (χ1) is 13.2. The molecule has 0 unspecified atom stereocenters. The number of anilines is 1. The molecular weight excluding hydrogens is 374 g/mol. The van der Waals surface area contributed by atoms with Crippen molar-refractivity contribution < 1.29 is 4.79 Å². The second-order valence-electron chi connectivity index (χ2n) is 6.77. The summed E-state index contributed by atoms with van der Waals surface area (Å²) < 4.78 is 0. The maximum atomic E-state index is 13.3. The molecule has 1 amide bonds. The number of carbonyl (C=O) groups excluding carboxylic acids is 1. The Balaban J connectivity index is 1.82. The lowest BCUT2D eigenvalue weighted by atomic mass is 10.1. The fraction of sp³-hybridized carbons (Fsp3) is 0.286. The van der Waals surface area contributed by atoms with E-state index in [0.29, 0.717) is 12.3 Å². The summed E-state index contributed by atoms with van der Waals surface area (Å²) in [4.78, 5) is 24.3. The predicted octanol–water partition coefficient (Wildman–Crippen LogP) is 4.94. The van der Waals surface area contributed by atoms with Crippen molar-refractivity contribution in [2.75, 3.05) is 17.2 Å². The summed E-state index contributed by atoms with van der Waals surface area (Å²) in [7, 11) is 0. The molecule has 6 heteroatoms. The minimum atomic E-state index is -0.300. The van der Waals surface area contributed by atoms with E-state index < -0.39 is 0 Å². The average molecular weight is 396 g/mol. The smallest absolute Gasteiger partial charge is 0.234 e. The molecule has 2 heterocycles. The number of thiol groups is 1. The van der Waals surface area contributed by atoms with Crippen LogP contribution in [0.4, 0.5) is 5.00 Å². The lowest BCUT2D eigenvalue weighted by molar-refractivity contribution is -0.122. The van der Waals surface area contributed by atoms with Crippen LogP contribution in [0.25, 0.3) is 21.8 Å². The summed E-state index contributed by atoms with van der Waals surface area (Å²) in [5, 5.41) is 1.78. The minimum absolute atomic E-state index is 0.165. The lowest BCUT2D eigenvalue weighted by Gasteiger charge is -2.24. The van der Waals surface area contributed by atoms with E-state index in [0.717, 1.165) is 39.7 Å². The molecule has 0 spiro atoms. The first-order valence-corrected chi connectivity index (χ1v) is 10.5. The number of benzene rings is 1. The number of nitrogens with zero attached hydrogens (tertiary/aromatic N) is 3. The van der Waals surface area contributed by atoms with Crippen LogP contribution >= 0.6 is 24.0 Å². The van der Waals surface area contributed by atoms with Gasteiger partial charge in [-0.3, -0.25) is 9.78 Å². The minimum Gasteiger partial charge on any atom is -0.302 e. The first-order valence-electron chi connectivity index (χ1n) is 9.08. The standard InChI is InChI=1S/C21H21N3OS2/c1-2-24(20(25)21(14-26)10-11-21)19-17(15-7-4-3-5-8-15)23-18(27-19)16-9-6-12-22-13-16/h3-9,12-13,26H,2,10-11,14H2,1H3. The number of pyridine rings is 1. The second-order valence-corrected chi connectivity index (χ2v) is 8.06. The number of hydrogen-bond acceptors (Lipinski definition) is 5. The topological polar surface area (TPSA) is 46.1 Å². The van der Waals surface area contributed by atoms with Crippen LogP contribution in [0.1, 0.15) is 19.8 Å². The van der Waals surface area contributed by atoms with Gasteiger partial charge in [0.25, 0.3) is 0 Å². The van der Waals surface area contributed by atoms with Crippen molar-refractivity contribution in [3.05, 3.63) is 54.9 Å². The third-order valence-corrected chi connectivity index (χ3v) is 6.71. The Hall–Kier alpha value is -2.18. The van der Waals surface area contributed by atoms with Gasteiger partial charge in [0.05, 0.1) is 5.41 Å². The molecule has 0 radical (unpaired) electrons. The number of rotatable bonds is 6. The van der Waals surface area contributed by atoms with Crippen LogP contribution in [0.15, 0.2) is 54.9 Å². The van der Waals surface area contributed by atoms with Gasteiger partial charge in [0.1, 0.15) is 15.7 Å². The van der Waals surface area contributed by atoms with E-state index in [2.05, 4.69) is 17.6 Å². The normalized spacial score (nSPS) is 14.7. The zero-order chi connectivity index (χ0) is 18.9. The van der Waals surface area contributed by atoms with E-state index in [1.807, 2.05) is 60.5 Å². The summed E-state index contributed by atoms with van der Waals surface area (Å²) in [6.07, 6.45) is 5.40. The van der Waals surface area contributed by atoms with Crippen LogP contribution in [0.3, 0.4) is 0 Å². The third kappa shape index (κ3) is 3.39. The summed E-state index contributed by atoms with van der Waals surface area (Å²) in [6.45, 7) is 2.63. The predicted molar refractivity (Wildman–Crippen MR) is 114 cm³/mol. The van der Waals surface area contributed by atoms with Crippen molar-refractivity contribution in [3.8, 4) is 21.8 Å². The van der Waals surface area contributed by atoms with Crippen molar-refractivity contribution in [3.63, 3.8) is 0 Å². The second kappa shape index (κ2) is 7.44. The fourth-order valence-electron chi connectivity index (χ4n) is 3.15. The monoisotopic (exact) mass is 395 g/mol. The number of amides is 1. The van der Waals surface area contributed by atoms with E-state index in [-0.39, 0.29) is 11.3 Å². The van der Waals surface area contributed by atoms with Crippen LogP contribution in [-0.2, 0) is 4.79 Å². The molecule has 1 aliphatic rings. The first kappa shape index (κ1) is 18.2. The van der Waals surface area contributed by atoms with Gasteiger partial charge in [-0.1, -0.05) is 41.7 Å². The van der Waals surface area contributed by atoms with E-state index in [4.69, 9.17) is 4.98 Å². The number of hydrogen-bond donors (Lipinski definition) is 1. The Labute approximate surface area is 168 Å².